The minimum atomic E-state index is 0.900. The highest BCUT2D eigenvalue weighted by atomic mass is 15.0. The SMILES string of the molecule is Cc1nccnc1-c1cccc2c1ncn2C. The zero-order chi connectivity index (χ0) is 11.8. The fraction of sp³-hybridized carbons (Fsp3) is 0.154. The molecule has 0 saturated heterocycles. The van der Waals surface area contributed by atoms with Crippen LogP contribution in [0.25, 0.3) is 22.3 Å². The van der Waals surface area contributed by atoms with E-state index < -0.39 is 0 Å². The monoisotopic (exact) mass is 224 g/mol. The molecule has 2 aromatic heterocycles. The molecule has 0 atom stereocenters. The predicted octanol–water partition coefficient (Wildman–Crippen LogP) is 2.34. The maximum Gasteiger partial charge on any atom is 0.0979 e. The molecular formula is C13H12N4. The van der Waals surface area contributed by atoms with Crippen molar-refractivity contribution in [1.82, 2.24) is 19.5 Å². The number of hydrogen-bond acceptors (Lipinski definition) is 3. The van der Waals surface area contributed by atoms with Crippen LogP contribution < -0.4 is 0 Å². The molecule has 4 nitrogen and oxygen atoms in total. The van der Waals surface area contributed by atoms with Gasteiger partial charge in [0.2, 0.25) is 0 Å². The largest absolute Gasteiger partial charge is 0.334 e. The van der Waals surface area contributed by atoms with E-state index in [4.69, 9.17) is 0 Å². The summed E-state index contributed by atoms with van der Waals surface area (Å²) in [6.45, 7) is 1.96. The number of para-hydroxylation sites is 1. The molecule has 2 heterocycles. The van der Waals surface area contributed by atoms with E-state index in [1.807, 2.05) is 37.0 Å². The van der Waals surface area contributed by atoms with Gasteiger partial charge in [0.1, 0.15) is 0 Å². The lowest BCUT2D eigenvalue weighted by atomic mass is 10.1. The summed E-state index contributed by atoms with van der Waals surface area (Å²) >= 11 is 0. The molecule has 0 aliphatic rings. The summed E-state index contributed by atoms with van der Waals surface area (Å²) in [5.41, 5.74) is 4.93. The third-order valence-electron chi connectivity index (χ3n) is 2.89. The van der Waals surface area contributed by atoms with Crippen molar-refractivity contribution in [1.29, 1.82) is 0 Å². The summed E-state index contributed by atoms with van der Waals surface area (Å²) in [5.74, 6) is 0. The van der Waals surface area contributed by atoms with Crippen LogP contribution in [0, 0.1) is 6.92 Å². The Kier molecular flexibility index (Phi) is 2.14. The van der Waals surface area contributed by atoms with Gasteiger partial charge in [0.05, 0.1) is 28.7 Å². The number of imidazole rings is 1. The van der Waals surface area contributed by atoms with Gasteiger partial charge in [-0.05, 0) is 13.0 Å². The Morgan fingerprint density at radius 2 is 1.88 bits per heavy atom. The highest BCUT2D eigenvalue weighted by Gasteiger charge is 2.10. The van der Waals surface area contributed by atoms with E-state index in [-0.39, 0.29) is 0 Å². The van der Waals surface area contributed by atoms with Crippen LogP contribution >= 0.6 is 0 Å². The zero-order valence-electron chi connectivity index (χ0n) is 9.75. The minimum absolute atomic E-state index is 0.900. The number of aromatic nitrogens is 4. The summed E-state index contributed by atoms with van der Waals surface area (Å²) in [7, 11) is 1.99. The maximum absolute atomic E-state index is 4.43. The quantitative estimate of drug-likeness (QED) is 0.637. The van der Waals surface area contributed by atoms with Gasteiger partial charge < -0.3 is 4.57 Å². The molecule has 0 saturated carbocycles. The minimum Gasteiger partial charge on any atom is -0.334 e. The van der Waals surface area contributed by atoms with E-state index in [9.17, 15) is 0 Å². The second-order valence-corrected chi connectivity index (χ2v) is 4.02. The second-order valence-electron chi connectivity index (χ2n) is 4.02. The van der Waals surface area contributed by atoms with E-state index in [1.54, 1.807) is 12.4 Å². The van der Waals surface area contributed by atoms with Crippen molar-refractivity contribution in [3.63, 3.8) is 0 Å². The number of hydrogen-bond donors (Lipinski definition) is 0. The van der Waals surface area contributed by atoms with Crippen LogP contribution in [0.15, 0.2) is 36.9 Å². The number of fused-ring (bicyclic) bond motifs is 1. The molecule has 0 radical (unpaired) electrons. The van der Waals surface area contributed by atoms with Gasteiger partial charge in [0.15, 0.2) is 0 Å². The Bertz CT molecular complexity index is 685. The Labute approximate surface area is 99.0 Å². The van der Waals surface area contributed by atoms with Crippen molar-refractivity contribution in [2.75, 3.05) is 0 Å². The molecule has 17 heavy (non-hydrogen) atoms. The number of nitrogens with zero attached hydrogens (tertiary/aromatic N) is 4. The Morgan fingerprint density at radius 3 is 2.71 bits per heavy atom. The summed E-state index contributed by atoms with van der Waals surface area (Å²) in [6, 6.07) is 6.11. The first-order chi connectivity index (χ1) is 8.27. The van der Waals surface area contributed by atoms with Crippen LogP contribution in [0.1, 0.15) is 5.69 Å². The normalized spacial score (nSPS) is 10.9. The molecule has 0 aliphatic carbocycles. The summed E-state index contributed by atoms with van der Waals surface area (Å²) < 4.78 is 2.00. The third-order valence-corrected chi connectivity index (χ3v) is 2.89. The van der Waals surface area contributed by atoms with Crippen LogP contribution in [0.3, 0.4) is 0 Å². The van der Waals surface area contributed by atoms with Gasteiger partial charge in [-0.15, -0.1) is 0 Å². The van der Waals surface area contributed by atoms with E-state index >= 15 is 0 Å². The first-order valence-corrected chi connectivity index (χ1v) is 5.45. The molecule has 3 rings (SSSR count). The maximum atomic E-state index is 4.43. The van der Waals surface area contributed by atoms with Gasteiger partial charge in [0, 0.05) is 25.0 Å². The molecular weight excluding hydrogens is 212 g/mol. The van der Waals surface area contributed by atoms with Crippen LogP contribution in [0.5, 0.6) is 0 Å². The van der Waals surface area contributed by atoms with Crippen molar-refractivity contribution in [2.45, 2.75) is 6.92 Å². The van der Waals surface area contributed by atoms with Crippen molar-refractivity contribution < 1.29 is 0 Å². The van der Waals surface area contributed by atoms with Crippen molar-refractivity contribution in [3.8, 4) is 11.3 Å². The molecule has 0 aliphatic heterocycles. The molecule has 84 valence electrons. The third kappa shape index (κ3) is 1.49. The van der Waals surface area contributed by atoms with Crippen LogP contribution in [0.4, 0.5) is 0 Å². The van der Waals surface area contributed by atoms with Crippen LogP contribution in [-0.2, 0) is 7.05 Å². The van der Waals surface area contributed by atoms with Gasteiger partial charge in [-0.3, -0.25) is 9.97 Å². The molecule has 0 fully saturated rings. The zero-order valence-corrected chi connectivity index (χ0v) is 9.75. The highest BCUT2D eigenvalue weighted by molar-refractivity contribution is 5.91. The number of benzene rings is 1. The second kappa shape index (κ2) is 3.66. The van der Waals surface area contributed by atoms with Crippen LogP contribution in [0.2, 0.25) is 0 Å². The molecule has 4 heteroatoms. The van der Waals surface area contributed by atoms with E-state index in [1.165, 1.54) is 0 Å². The van der Waals surface area contributed by atoms with Crippen molar-refractivity contribution >= 4 is 11.0 Å². The number of aryl methyl sites for hydroxylation is 2. The fourth-order valence-corrected chi connectivity index (χ4v) is 2.02. The molecule has 0 N–H and O–H groups in total. The topological polar surface area (TPSA) is 43.6 Å². The Hall–Kier alpha value is -2.23. The van der Waals surface area contributed by atoms with Gasteiger partial charge in [-0.1, -0.05) is 12.1 Å². The van der Waals surface area contributed by atoms with Gasteiger partial charge in [-0.2, -0.15) is 0 Å². The smallest absolute Gasteiger partial charge is 0.0979 e. The van der Waals surface area contributed by atoms with Crippen molar-refractivity contribution in [3.05, 3.63) is 42.6 Å². The Balaban J connectivity index is 2.35. The highest BCUT2D eigenvalue weighted by Crippen LogP contribution is 2.26. The first kappa shape index (κ1) is 9.96. The molecule has 0 bridgehead atoms. The summed E-state index contributed by atoms with van der Waals surface area (Å²) in [4.78, 5) is 13.1. The predicted molar refractivity (Wildman–Crippen MR) is 66.5 cm³/mol. The van der Waals surface area contributed by atoms with Crippen molar-refractivity contribution in [2.24, 2.45) is 7.05 Å². The molecule has 3 aromatic rings. The number of rotatable bonds is 1. The molecule has 0 unspecified atom stereocenters. The summed E-state index contributed by atoms with van der Waals surface area (Å²) in [5, 5.41) is 0. The van der Waals surface area contributed by atoms with E-state index in [0.29, 0.717) is 0 Å². The molecule has 1 aromatic carbocycles. The average molecular weight is 224 g/mol. The molecule has 0 spiro atoms. The van der Waals surface area contributed by atoms with Crippen LogP contribution in [-0.4, -0.2) is 19.5 Å². The summed E-state index contributed by atoms with van der Waals surface area (Å²) in [6.07, 6.45) is 5.24. The standard InChI is InChI=1S/C13H12N4/c1-9-12(15-7-6-14-9)10-4-3-5-11-13(10)16-8-17(11)2/h3-8H,1-2H3. The van der Waals surface area contributed by atoms with E-state index in [2.05, 4.69) is 21.0 Å². The first-order valence-electron chi connectivity index (χ1n) is 5.45. The lowest BCUT2D eigenvalue weighted by molar-refractivity contribution is 0.948. The van der Waals surface area contributed by atoms with Gasteiger partial charge in [-0.25, -0.2) is 4.98 Å². The van der Waals surface area contributed by atoms with Gasteiger partial charge in [0.25, 0.3) is 0 Å². The lowest BCUT2D eigenvalue weighted by Gasteiger charge is -2.04. The Morgan fingerprint density at radius 1 is 1.06 bits per heavy atom. The lowest BCUT2D eigenvalue weighted by Crippen LogP contribution is -1.92. The van der Waals surface area contributed by atoms with E-state index in [0.717, 1.165) is 28.0 Å². The molecule has 0 amide bonds. The average Bonchev–Trinajstić information content (AvgIpc) is 2.72. The van der Waals surface area contributed by atoms with Gasteiger partial charge >= 0.3 is 0 Å². The fourth-order valence-electron chi connectivity index (χ4n) is 2.02.